The van der Waals surface area contributed by atoms with E-state index in [-0.39, 0.29) is 23.9 Å². The van der Waals surface area contributed by atoms with E-state index in [1.165, 1.54) is 0 Å². The summed E-state index contributed by atoms with van der Waals surface area (Å²) in [5.41, 5.74) is 1.89. The second-order valence-corrected chi connectivity index (χ2v) is 7.62. The molecule has 1 fully saturated rings. The van der Waals surface area contributed by atoms with E-state index in [4.69, 9.17) is 0 Å². The average molecular weight is 372 g/mol. The van der Waals surface area contributed by atoms with Gasteiger partial charge in [0.15, 0.2) is 0 Å². The van der Waals surface area contributed by atoms with E-state index in [2.05, 4.69) is 20.5 Å². The highest BCUT2D eigenvalue weighted by Crippen LogP contribution is 2.21. The minimum Gasteiger partial charge on any atom is -0.358 e. The maximum absolute atomic E-state index is 12.3. The highest BCUT2D eigenvalue weighted by molar-refractivity contribution is 7.10. The van der Waals surface area contributed by atoms with Gasteiger partial charge < -0.3 is 10.6 Å². The Labute approximate surface area is 157 Å². The fourth-order valence-corrected chi connectivity index (χ4v) is 4.07. The molecule has 0 bridgehead atoms. The van der Waals surface area contributed by atoms with Gasteiger partial charge in [-0.1, -0.05) is 12.1 Å². The third-order valence-corrected chi connectivity index (χ3v) is 5.42. The van der Waals surface area contributed by atoms with Gasteiger partial charge >= 0.3 is 0 Å². The van der Waals surface area contributed by atoms with Gasteiger partial charge in [0.2, 0.25) is 11.8 Å². The maximum atomic E-state index is 12.3. The Kier molecular flexibility index (Phi) is 6.00. The number of thiophene rings is 1. The van der Waals surface area contributed by atoms with E-state index in [1.807, 2.05) is 42.6 Å². The summed E-state index contributed by atoms with van der Waals surface area (Å²) < 4.78 is 0. The Balaban J connectivity index is 1.64. The molecule has 2 aromatic heterocycles. The van der Waals surface area contributed by atoms with Crippen LogP contribution in [0.4, 0.5) is 0 Å². The largest absolute Gasteiger partial charge is 0.358 e. The van der Waals surface area contributed by atoms with Gasteiger partial charge in [0.1, 0.15) is 0 Å². The summed E-state index contributed by atoms with van der Waals surface area (Å²) in [5, 5.41) is 7.78. The number of carbonyl (C=O) groups is 2. The molecule has 2 N–H and O–H groups in total. The second kappa shape index (κ2) is 8.42. The van der Waals surface area contributed by atoms with Crippen molar-refractivity contribution in [2.75, 3.05) is 13.6 Å². The molecule has 2 aromatic rings. The minimum atomic E-state index is -0.255. The van der Waals surface area contributed by atoms with E-state index in [9.17, 15) is 9.59 Å². The Morgan fingerprint density at radius 2 is 2.15 bits per heavy atom. The molecule has 138 valence electrons. The van der Waals surface area contributed by atoms with Crippen LogP contribution >= 0.6 is 11.3 Å². The van der Waals surface area contributed by atoms with Crippen molar-refractivity contribution in [1.82, 2.24) is 20.5 Å². The molecule has 2 amide bonds. The van der Waals surface area contributed by atoms with Crippen LogP contribution in [-0.2, 0) is 22.6 Å². The first-order valence-electron chi connectivity index (χ1n) is 8.75. The summed E-state index contributed by atoms with van der Waals surface area (Å²) in [6, 6.07) is 9.52. The van der Waals surface area contributed by atoms with Gasteiger partial charge in [0.25, 0.3) is 0 Å². The van der Waals surface area contributed by atoms with Crippen LogP contribution in [0.5, 0.6) is 0 Å². The fourth-order valence-electron chi connectivity index (χ4n) is 3.37. The monoisotopic (exact) mass is 372 g/mol. The van der Waals surface area contributed by atoms with Crippen LogP contribution in [0.15, 0.2) is 35.7 Å². The molecule has 26 heavy (non-hydrogen) atoms. The fraction of sp³-hybridized carbons (Fsp3) is 0.421. The average Bonchev–Trinajstić information content (AvgIpc) is 3.24. The molecule has 3 rings (SSSR count). The van der Waals surface area contributed by atoms with Crippen molar-refractivity contribution in [3.8, 4) is 0 Å². The number of aryl methyl sites for hydroxylation is 1. The molecular formula is C19H24N4O2S. The minimum absolute atomic E-state index is 0.00337. The summed E-state index contributed by atoms with van der Waals surface area (Å²) >= 11 is 1.58. The van der Waals surface area contributed by atoms with Crippen molar-refractivity contribution in [3.63, 3.8) is 0 Å². The summed E-state index contributed by atoms with van der Waals surface area (Å²) in [4.78, 5) is 32.2. The van der Waals surface area contributed by atoms with Crippen molar-refractivity contribution in [1.29, 1.82) is 0 Å². The Morgan fingerprint density at radius 1 is 1.31 bits per heavy atom. The number of nitrogens with zero attached hydrogens (tertiary/aromatic N) is 2. The molecule has 0 spiro atoms. The van der Waals surface area contributed by atoms with Crippen molar-refractivity contribution >= 4 is 23.2 Å². The van der Waals surface area contributed by atoms with E-state index in [0.717, 1.165) is 16.3 Å². The third-order valence-electron chi connectivity index (χ3n) is 4.54. The van der Waals surface area contributed by atoms with Gasteiger partial charge in [0, 0.05) is 36.8 Å². The summed E-state index contributed by atoms with van der Waals surface area (Å²) in [5.74, 6) is -0.0173. The smallest absolute Gasteiger partial charge is 0.237 e. The lowest BCUT2D eigenvalue weighted by atomic mass is 10.1. The highest BCUT2D eigenvalue weighted by Gasteiger charge is 2.37. The van der Waals surface area contributed by atoms with Crippen LogP contribution in [0.2, 0.25) is 0 Å². The van der Waals surface area contributed by atoms with Crippen LogP contribution < -0.4 is 10.6 Å². The Bertz CT molecular complexity index is 763. The number of nitrogens with one attached hydrogen (secondary N) is 2. The number of likely N-dealkylation sites (N-methyl/N-ethyl adjacent to an activating group) is 1. The molecule has 0 saturated carbocycles. The highest BCUT2D eigenvalue weighted by atomic mass is 32.1. The number of likely N-dealkylation sites (tertiary alicyclic amines) is 1. The number of hydrogen-bond acceptors (Lipinski definition) is 5. The number of aromatic nitrogens is 1. The molecule has 6 nitrogen and oxygen atoms in total. The summed E-state index contributed by atoms with van der Waals surface area (Å²) in [7, 11) is 1.65. The first kappa shape index (κ1) is 18.5. The molecular weight excluding hydrogens is 348 g/mol. The molecule has 1 aliphatic heterocycles. The molecule has 0 radical (unpaired) electrons. The first-order chi connectivity index (χ1) is 12.5. The normalized spacial score (nSPS) is 20.1. The van der Waals surface area contributed by atoms with Crippen LogP contribution in [0.1, 0.15) is 22.7 Å². The first-order valence-corrected chi connectivity index (χ1v) is 9.63. The quantitative estimate of drug-likeness (QED) is 0.806. The summed E-state index contributed by atoms with van der Waals surface area (Å²) in [6.07, 6.45) is 1.000. The van der Waals surface area contributed by atoms with Crippen LogP contribution in [0.3, 0.4) is 0 Å². The molecule has 1 aliphatic rings. The predicted molar refractivity (Wildman–Crippen MR) is 102 cm³/mol. The topological polar surface area (TPSA) is 74.3 Å². The van der Waals surface area contributed by atoms with Crippen molar-refractivity contribution in [3.05, 3.63) is 52.0 Å². The van der Waals surface area contributed by atoms with Gasteiger partial charge in [-0.05, 0) is 36.9 Å². The molecule has 3 heterocycles. The van der Waals surface area contributed by atoms with Gasteiger partial charge in [-0.3, -0.25) is 19.5 Å². The molecule has 2 atom stereocenters. The number of carbonyl (C=O) groups excluding carboxylic acids is 2. The van der Waals surface area contributed by atoms with Gasteiger partial charge in [0.05, 0.1) is 18.2 Å². The van der Waals surface area contributed by atoms with Gasteiger partial charge in [-0.15, -0.1) is 11.3 Å². The van der Waals surface area contributed by atoms with Crippen molar-refractivity contribution in [2.24, 2.45) is 0 Å². The Morgan fingerprint density at radius 3 is 2.85 bits per heavy atom. The number of hydrogen-bond donors (Lipinski definition) is 2. The number of pyridine rings is 1. The SMILES string of the molecule is CNC(=O)[C@@H]1C[C@@H](NC(=O)Cc2cccs2)CN1Cc1cccc(C)n1. The predicted octanol–water partition coefficient (Wildman–Crippen LogP) is 1.50. The zero-order valence-corrected chi connectivity index (χ0v) is 15.9. The van der Waals surface area contributed by atoms with E-state index in [0.29, 0.717) is 25.9 Å². The standard InChI is InChI=1S/C19H24N4O2S/c1-13-5-3-6-14(21-13)11-23-12-15(9-17(23)19(25)20-2)22-18(24)10-16-7-4-8-26-16/h3-8,15,17H,9-12H2,1-2H3,(H,20,25)(H,22,24)/t15-,17+/m1/s1. The number of amides is 2. The van der Waals surface area contributed by atoms with E-state index < -0.39 is 0 Å². The van der Waals surface area contributed by atoms with Gasteiger partial charge in [-0.25, -0.2) is 0 Å². The van der Waals surface area contributed by atoms with Crippen LogP contribution in [0.25, 0.3) is 0 Å². The lowest BCUT2D eigenvalue weighted by Crippen LogP contribution is -2.41. The van der Waals surface area contributed by atoms with E-state index >= 15 is 0 Å². The molecule has 0 aromatic carbocycles. The zero-order chi connectivity index (χ0) is 18.5. The van der Waals surface area contributed by atoms with E-state index in [1.54, 1.807) is 18.4 Å². The molecule has 0 unspecified atom stereocenters. The van der Waals surface area contributed by atoms with Crippen LogP contribution in [0, 0.1) is 6.92 Å². The van der Waals surface area contributed by atoms with Crippen LogP contribution in [-0.4, -0.2) is 47.4 Å². The maximum Gasteiger partial charge on any atom is 0.237 e. The lowest BCUT2D eigenvalue weighted by molar-refractivity contribution is -0.125. The summed E-state index contributed by atoms with van der Waals surface area (Å²) in [6.45, 7) is 3.19. The Hall–Kier alpha value is -2.25. The molecule has 0 aliphatic carbocycles. The van der Waals surface area contributed by atoms with Crippen molar-refractivity contribution < 1.29 is 9.59 Å². The van der Waals surface area contributed by atoms with Crippen molar-refractivity contribution in [2.45, 2.75) is 38.4 Å². The molecule has 1 saturated heterocycles. The zero-order valence-electron chi connectivity index (χ0n) is 15.1. The number of rotatable bonds is 6. The molecule has 7 heteroatoms. The second-order valence-electron chi connectivity index (χ2n) is 6.59. The third kappa shape index (κ3) is 4.68. The van der Waals surface area contributed by atoms with Gasteiger partial charge in [-0.2, -0.15) is 0 Å². The lowest BCUT2D eigenvalue weighted by Gasteiger charge is -2.22.